The van der Waals surface area contributed by atoms with Gasteiger partial charge in [-0.1, -0.05) is 29.3 Å². The number of aromatic nitrogens is 2. The largest absolute Gasteiger partial charge is 0.311 e. The van der Waals surface area contributed by atoms with Crippen LogP contribution in [0.4, 0.5) is 0 Å². The molecule has 0 atom stereocenters. The molecule has 0 unspecified atom stereocenters. The summed E-state index contributed by atoms with van der Waals surface area (Å²) in [5.41, 5.74) is 2.31. The van der Waals surface area contributed by atoms with Crippen LogP contribution in [0.15, 0.2) is 30.5 Å². The molecule has 0 spiro atoms. The van der Waals surface area contributed by atoms with E-state index in [2.05, 4.69) is 17.3 Å². The zero-order valence-electron chi connectivity index (χ0n) is 10.9. The Morgan fingerprint density at radius 2 is 2.11 bits per heavy atom. The molecule has 0 bridgehead atoms. The molecular weight excluding hydrogens is 281 g/mol. The van der Waals surface area contributed by atoms with Crippen LogP contribution >= 0.6 is 23.2 Å². The smallest absolute Gasteiger partial charge is 0.0521 e. The maximum atomic E-state index is 6.13. The summed E-state index contributed by atoms with van der Waals surface area (Å²) in [6.45, 7) is 4.67. The predicted octanol–water partition coefficient (Wildman–Crippen LogP) is 3.54. The maximum absolute atomic E-state index is 6.13. The van der Waals surface area contributed by atoms with Crippen molar-refractivity contribution in [1.29, 1.82) is 0 Å². The van der Waals surface area contributed by atoms with Gasteiger partial charge in [0.05, 0.1) is 5.69 Å². The highest BCUT2D eigenvalue weighted by atomic mass is 35.5. The van der Waals surface area contributed by atoms with E-state index in [4.69, 9.17) is 23.2 Å². The van der Waals surface area contributed by atoms with Crippen molar-refractivity contribution >= 4 is 23.2 Å². The molecule has 0 fully saturated rings. The van der Waals surface area contributed by atoms with Gasteiger partial charge in [-0.15, -0.1) is 0 Å². The average Bonchev–Trinajstić information content (AvgIpc) is 2.84. The van der Waals surface area contributed by atoms with Gasteiger partial charge in [-0.2, -0.15) is 5.10 Å². The van der Waals surface area contributed by atoms with Gasteiger partial charge in [0.1, 0.15) is 0 Å². The third-order valence-corrected chi connectivity index (χ3v) is 3.58. The molecule has 0 aliphatic heterocycles. The molecule has 0 aliphatic rings. The Morgan fingerprint density at radius 3 is 2.84 bits per heavy atom. The standard InChI is InChI=1S/C14H17Cl2N3/c1-2-19-13(6-8-18-19)10-17-7-5-11-3-4-12(15)9-14(11)16/h3-4,6,8-9,17H,2,5,7,10H2,1H3. The Morgan fingerprint density at radius 1 is 1.26 bits per heavy atom. The molecule has 0 saturated heterocycles. The topological polar surface area (TPSA) is 29.9 Å². The van der Waals surface area contributed by atoms with E-state index < -0.39 is 0 Å². The van der Waals surface area contributed by atoms with Crippen LogP contribution in [0.2, 0.25) is 10.0 Å². The zero-order valence-corrected chi connectivity index (χ0v) is 12.4. The minimum atomic E-state index is 0.675. The molecular formula is C14H17Cl2N3. The fourth-order valence-corrected chi connectivity index (χ4v) is 2.46. The fraction of sp³-hybridized carbons (Fsp3) is 0.357. The first-order valence-electron chi connectivity index (χ1n) is 6.36. The van der Waals surface area contributed by atoms with Gasteiger partial charge in [0.25, 0.3) is 0 Å². The molecule has 1 aromatic carbocycles. The first-order valence-corrected chi connectivity index (χ1v) is 7.11. The molecule has 1 N–H and O–H groups in total. The molecule has 19 heavy (non-hydrogen) atoms. The van der Waals surface area contributed by atoms with Crippen LogP contribution in [-0.2, 0) is 19.5 Å². The molecule has 0 amide bonds. The second kappa shape index (κ2) is 6.94. The predicted molar refractivity (Wildman–Crippen MR) is 79.8 cm³/mol. The average molecular weight is 298 g/mol. The summed E-state index contributed by atoms with van der Waals surface area (Å²) in [7, 11) is 0. The number of nitrogens with zero attached hydrogens (tertiary/aromatic N) is 2. The Balaban J connectivity index is 1.81. The molecule has 102 valence electrons. The van der Waals surface area contributed by atoms with E-state index in [0.29, 0.717) is 5.02 Å². The second-order valence-electron chi connectivity index (χ2n) is 4.30. The van der Waals surface area contributed by atoms with Crippen molar-refractivity contribution in [1.82, 2.24) is 15.1 Å². The van der Waals surface area contributed by atoms with E-state index in [0.717, 1.165) is 36.6 Å². The summed E-state index contributed by atoms with van der Waals surface area (Å²) in [5, 5.41) is 9.04. The Bertz CT molecular complexity index is 537. The number of hydrogen-bond donors (Lipinski definition) is 1. The zero-order chi connectivity index (χ0) is 13.7. The Labute approximate surface area is 123 Å². The lowest BCUT2D eigenvalue weighted by Gasteiger charge is -2.08. The van der Waals surface area contributed by atoms with Gasteiger partial charge < -0.3 is 5.32 Å². The number of hydrogen-bond acceptors (Lipinski definition) is 2. The summed E-state index contributed by atoms with van der Waals surface area (Å²) in [6.07, 6.45) is 2.72. The van der Waals surface area contributed by atoms with Crippen LogP contribution in [0.3, 0.4) is 0 Å². The van der Waals surface area contributed by atoms with Crippen LogP contribution in [0.1, 0.15) is 18.2 Å². The van der Waals surface area contributed by atoms with E-state index in [9.17, 15) is 0 Å². The highest BCUT2D eigenvalue weighted by Gasteiger charge is 2.02. The van der Waals surface area contributed by atoms with Crippen LogP contribution < -0.4 is 5.32 Å². The summed E-state index contributed by atoms with van der Waals surface area (Å²) in [6, 6.07) is 7.66. The molecule has 0 saturated carbocycles. The Hall–Kier alpha value is -1.03. The van der Waals surface area contributed by atoms with Crippen molar-refractivity contribution in [3.63, 3.8) is 0 Å². The van der Waals surface area contributed by atoms with Crippen LogP contribution in [-0.4, -0.2) is 16.3 Å². The van der Waals surface area contributed by atoms with Crippen molar-refractivity contribution in [3.05, 3.63) is 51.8 Å². The van der Waals surface area contributed by atoms with E-state index in [1.165, 1.54) is 5.69 Å². The van der Waals surface area contributed by atoms with E-state index in [1.54, 1.807) is 6.07 Å². The lowest BCUT2D eigenvalue weighted by molar-refractivity contribution is 0.582. The molecule has 0 radical (unpaired) electrons. The van der Waals surface area contributed by atoms with E-state index in [-0.39, 0.29) is 0 Å². The number of halogens is 2. The van der Waals surface area contributed by atoms with Crippen LogP contribution in [0.25, 0.3) is 0 Å². The van der Waals surface area contributed by atoms with Gasteiger partial charge in [-0.05, 0) is 43.7 Å². The monoisotopic (exact) mass is 297 g/mol. The lowest BCUT2D eigenvalue weighted by Crippen LogP contribution is -2.19. The highest BCUT2D eigenvalue weighted by molar-refractivity contribution is 6.35. The van der Waals surface area contributed by atoms with Gasteiger partial charge in [0, 0.05) is 29.3 Å². The summed E-state index contributed by atoms with van der Waals surface area (Å²) < 4.78 is 1.99. The summed E-state index contributed by atoms with van der Waals surface area (Å²) in [5.74, 6) is 0. The van der Waals surface area contributed by atoms with Crippen molar-refractivity contribution < 1.29 is 0 Å². The first-order chi connectivity index (χ1) is 9.20. The third kappa shape index (κ3) is 3.96. The van der Waals surface area contributed by atoms with Crippen molar-refractivity contribution in [2.45, 2.75) is 26.4 Å². The van der Waals surface area contributed by atoms with Crippen molar-refractivity contribution in [3.8, 4) is 0 Å². The molecule has 0 aliphatic carbocycles. The van der Waals surface area contributed by atoms with Gasteiger partial charge in [-0.25, -0.2) is 0 Å². The van der Waals surface area contributed by atoms with Gasteiger partial charge >= 0.3 is 0 Å². The SMILES string of the molecule is CCn1nccc1CNCCc1ccc(Cl)cc1Cl. The second-order valence-corrected chi connectivity index (χ2v) is 5.14. The van der Waals surface area contributed by atoms with Crippen molar-refractivity contribution in [2.24, 2.45) is 0 Å². The molecule has 2 aromatic rings. The first kappa shape index (κ1) is 14.4. The third-order valence-electron chi connectivity index (χ3n) is 3.00. The van der Waals surface area contributed by atoms with E-state index in [1.807, 2.05) is 29.1 Å². The van der Waals surface area contributed by atoms with Crippen LogP contribution in [0.5, 0.6) is 0 Å². The fourth-order valence-electron chi connectivity index (χ4n) is 1.96. The number of rotatable bonds is 6. The minimum Gasteiger partial charge on any atom is -0.311 e. The number of nitrogens with one attached hydrogen (secondary N) is 1. The molecule has 5 heteroatoms. The molecule has 3 nitrogen and oxygen atoms in total. The molecule has 1 aromatic heterocycles. The van der Waals surface area contributed by atoms with Gasteiger partial charge in [0.2, 0.25) is 0 Å². The van der Waals surface area contributed by atoms with Gasteiger partial charge in [-0.3, -0.25) is 4.68 Å². The van der Waals surface area contributed by atoms with Gasteiger partial charge in [0.15, 0.2) is 0 Å². The lowest BCUT2D eigenvalue weighted by atomic mass is 10.1. The minimum absolute atomic E-state index is 0.675. The normalized spacial score (nSPS) is 10.9. The maximum Gasteiger partial charge on any atom is 0.0521 e. The Kier molecular flexibility index (Phi) is 5.25. The van der Waals surface area contributed by atoms with Crippen molar-refractivity contribution in [2.75, 3.05) is 6.54 Å². The number of aryl methyl sites for hydroxylation is 1. The summed E-state index contributed by atoms with van der Waals surface area (Å²) in [4.78, 5) is 0. The number of benzene rings is 1. The highest BCUT2D eigenvalue weighted by Crippen LogP contribution is 2.21. The molecule has 1 heterocycles. The quantitative estimate of drug-likeness (QED) is 0.827. The van der Waals surface area contributed by atoms with E-state index >= 15 is 0 Å². The summed E-state index contributed by atoms with van der Waals surface area (Å²) >= 11 is 12.0. The van der Waals surface area contributed by atoms with Crippen LogP contribution in [0, 0.1) is 0 Å². The molecule has 2 rings (SSSR count).